The Kier molecular flexibility index (Phi) is 6.13. The molecule has 2 fully saturated rings. The summed E-state index contributed by atoms with van der Waals surface area (Å²) < 4.78 is 19.3. The molecule has 1 aromatic rings. The molecule has 1 aromatic carbocycles. The van der Waals surface area contributed by atoms with E-state index in [-0.39, 0.29) is 35.6 Å². The highest BCUT2D eigenvalue weighted by molar-refractivity contribution is 5.88. The lowest BCUT2D eigenvalue weighted by atomic mass is 9.71. The Hall–Kier alpha value is -1.17. The zero-order valence-corrected chi connectivity index (χ0v) is 15.8. The molecule has 2 heterocycles. The Bertz CT molecular complexity index is 617. The average molecular weight is 371 g/mol. The monoisotopic (exact) mass is 370 g/mol. The van der Waals surface area contributed by atoms with Crippen molar-refractivity contribution >= 4 is 18.3 Å². The van der Waals surface area contributed by atoms with Gasteiger partial charge in [-0.25, -0.2) is 4.39 Å². The number of likely N-dealkylation sites (tertiary alicyclic amines) is 1. The molecule has 3 rings (SSSR count). The van der Waals surface area contributed by atoms with Crippen molar-refractivity contribution in [2.24, 2.45) is 11.1 Å². The van der Waals surface area contributed by atoms with Gasteiger partial charge in [-0.1, -0.05) is 26.0 Å². The number of nitrogens with two attached hydrogens (primary N) is 1. The van der Waals surface area contributed by atoms with E-state index in [2.05, 4.69) is 13.8 Å². The summed E-state index contributed by atoms with van der Waals surface area (Å²) in [4.78, 5) is 15.4. The van der Waals surface area contributed by atoms with Crippen LogP contribution >= 0.6 is 12.4 Å². The summed E-state index contributed by atoms with van der Waals surface area (Å²) in [6, 6.07) is 6.58. The van der Waals surface area contributed by atoms with E-state index in [1.54, 1.807) is 6.07 Å². The molecule has 4 nitrogen and oxygen atoms in total. The largest absolute Gasteiger partial charge is 0.381 e. The normalized spacial score (nSPS) is 25.1. The second-order valence-corrected chi connectivity index (χ2v) is 7.82. The average Bonchev–Trinajstić information content (AvgIpc) is 2.57. The van der Waals surface area contributed by atoms with Crippen molar-refractivity contribution in [1.82, 2.24) is 4.90 Å². The number of carbonyl (C=O) groups excluding carboxylic acids is 1. The third-order valence-electron chi connectivity index (χ3n) is 5.73. The van der Waals surface area contributed by atoms with Gasteiger partial charge in [0.05, 0.1) is 5.41 Å². The van der Waals surface area contributed by atoms with E-state index < -0.39 is 5.41 Å². The van der Waals surface area contributed by atoms with E-state index in [0.29, 0.717) is 39.1 Å². The number of piperidine rings is 1. The van der Waals surface area contributed by atoms with Gasteiger partial charge in [0.1, 0.15) is 5.82 Å². The maximum absolute atomic E-state index is 13.8. The molecule has 140 valence electrons. The molecule has 0 aromatic heterocycles. The predicted octanol–water partition coefficient (Wildman–Crippen LogP) is 2.88. The van der Waals surface area contributed by atoms with Gasteiger partial charge in [-0.2, -0.15) is 0 Å². The van der Waals surface area contributed by atoms with Gasteiger partial charge < -0.3 is 15.4 Å². The third kappa shape index (κ3) is 3.83. The molecule has 6 heteroatoms. The number of halogens is 2. The van der Waals surface area contributed by atoms with Crippen molar-refractivity contribution in [3.05, 3.63) is 35.6 Å². The van der Waals surface area contributed by atoms with Crippen LogP contribution in [0.2, 0.25) is 0 Å². The molecular formula is C19H28ClFN2O2. The summed E-state index contributed by atoms with van der Waals surface area (Å²) in [6.07, 6.45) is 1.99. The fraction of sp³-hybridized carbons (Fsp3) is 0.632. The van der Waals surface area contributed by atoms with E-state index in [4.69, 9.17) is 10.5 Å². The first kappa shape index (κ1) is 20.1. The Labute approximate surface area is 155 Å². The van der Waals surface area contributed by atoms with E-state index in [1.165, 1.54) is 12.1 Å². The topological polar surface area (TPSA) is 55.6 Å². The van der Waals surface area contributed by atoms with Crippen molar-refractivity contribution in [1.29, 1.82) is 0 Å². The van der Waals surface area contributed by atoms with Crippen LogP contribution in [0, 0.1) is 11.2 Å². The van der Waals surface area contributed by atoms with E-state index in [9.17, 15) is 9.18 Å². The van der Waals surface area contributed by atoms with Crippen LogP contribution in [0.3, 0.4) is 0 Å². The summed E-state index contributed by atoms with van der Waals surface area (Å²) >= 11 is 0. The molecule has 0 spiro atoms. The van der Waals surface area contributed by atoms with E-state index in [0.717, 1.165) is 12.0 Å². The van der Waals surface area contributed by atoms with Gasteiger partial charge in [-0.15, -0.1) is 12.4 Å². The Morgan fingerprint density at radius 1 is 1.32 bits per heavy atom. The van der Waals surface area contributed by atoms with Crippen molar-refractivity contribution < 1.29 is 13.9 Å². The predicted molar refractivity (Wildman–Crippen MR) is 98.3 cm³/mol. The lowest BCUT2D eigenvalue weighted by molar-refractivity contribution is -0.144. The van der Waals surface area contributed by atoms with Crippen LogP contribution in [0.15, 0.2) is 24.3 Å². The van der Waals surface area contributed by atoms with Crippen LogP contribution in [0.5, 0.6) is 0 Å². The number of ether oxygens (including phenoxy) is 1. The van der Waals surface area contributed by atoms with Crippen LogP contribution in [0.4, 0.5) is 4.39 Å². The summed E-state index contributed by atoms with van der Waals surface area (Å²) in [5, 5.41) is 0. The van der Waals surface area contributed by atoms with Gasteiger partial charge >= 0.3 is 0 Å². The van der Waals surface area contributed by atoms with Crippen molar-refractivity contribution in [2.75, 3.05) is 26.3 Å². The van der Waals surface area contributed by atoms with Crippen molar-refractivity contribution in [3.8, 4) is 0 Å². The third-order valence-corrected chi connectivity index (χ3v) is 5.73. The summed E-state index contributed by atoms with van der Waals surface area (Å²) in [6.45, 7) is 6.58. The minimum absolute atomic E-state index is 0. The second kappa shape index (κ2) is 7.60. The Balaban J connectivity index is 0.00000225. The first-order chi connectivity index (χ1) is 11.3. The molecule has 0 aliphatic carbocycles. The molecule has 1 atom stereocenters. The maximum atomic E-state index is 13.8. The fourth-order valence-corrected chi connectivity index (χ4v) is 3.98. The Morgan fingerprint density at radius 3 is 2.60 bits per heavy atom. The van der Waals surface area contributed by atoms with E-state index in [1.807, 2.05) is 11.0 Å². The molecule has 2 aliphatic rings. The number of hydrogen-bond donors (Lipinski definition) is 1. The first-order valence-corrected chi connectivity index (χ1v) is 8.74. The SMILES string of the molecule is CC1(C)CN(C(=O)C2(c3cccc(F)c3)CCOCC2)CCC1N.Cl. The molecule has 0 radical (unpaired) electrons. The van der Waals surface area contributed by atoms with Gasteiger partial charge in [-0.05, 0) is 42.4 Å². The number of nitrogens with zero attached hydrogens (tertiary/aromatic N) is 1. The highest BCUT2D eigenvalue weighted by Crippen LogP contribution is 2.39. The zero-order valence-electron chi connectivity index (χ0n) is 15.0. The molecule has 1 unspecified atom stereocenters. The molecule has 1 amide bonds. The Morgan fingerprint density at radius 2 is 2.00 bits per heavy atom. The lowest BCUT2D eigenvalue weighted by Crippen LogP contribution is -2.58. The van der Waals surface area contributed by atoms with E-state index >= 15 is 0 Å². The molecule has 25 heavy (non-hydrogen) atoms. The van der Waals surface area contributed by atoms with Crippen LogP contribution in [0.25, 0.3) is 0 Å². The van der Waals surface area contributed by atoms with Crippen LogP contribution in [-0.2, 0) is 14.9 Å². The standard InChI is InChI=1S/C19H27FN2O2.ClH/c1-18(2)13-22(9-6-16(18)21)17(23)19(7-10-24-11-8-19)14-4-3-5-15(20)12-14;/h3-5,12,16H,6-11,13,21H2,1-2H3;1H. The number of rotatable bonds is 2. The lowest BCUT2D eigenvalue weighted by Gasteiger charge is -2.47. The highest BCUT2D eigenvalue weighted by atomic mass is 35.5. The molecule has 0 bridgehead atoms. The molecular weight excluding hydrogens is 343 g/mol. The minimum atomic E-state index is -0.683. The van der Waals surface area contributed by atoms with Crippen LogP contribution in [-0.4, -0.2) is 43.2 Å². The second-order valence-electron chi connectivity index (χ2n) is 7.82. The van der Waals surface area contributed by atoms with Crippen LogP contribution < -0.4 is 5.73 Å². The van der Waals surface area contributed by atoms with Gasteiger partial charge in [0, 0.05) is 32.3 Å². The quantitative estimate of drug-likeness (QED) is 0.870. The number of carbonyl (C=O) groups is 1. The summed E-state index contributed by atoms with van der Waals surface area (Å²) in [5.74, 6) is -0.205. The number of amides is 1. The fourth-order valence-electron chi connectivity index (χ4n) is 3.98. The first-order valence-electron chi connectivity index (χ1n) is 8.74. The van der Waals surface area contributed by atoms with Crippen molar-refractivity contribution in [3.63, 3.8) is 0 Å². The molecule has 2 N–H and O–H groups in total. The van der Waals surface area contributed by atoms with Gasteiger partial charge in [0.15, 0.2) is 0 Å². The minimum Gasteiger partial charge on any atom is -0.381 e. The maximum Gasteiger partial charge on any atom is 0.233 e. The number of benzene rings is 1. The zero-order chi connectivity index (χ0) is 17.4. The van der Waals surface area contributed by atoms with Gasteiger partial charge in [0.2, 0.25) is 5.91 Å². The van der Waals surface area contributed by atoms with Gasteiger partial charge in [-0.3, -0.25) is 4.79 Å². The molecule has 2 saturated heterocycles. The van der Waals surface area contributed by atoms with Crippen molar-refractivity contribution in [2.45, 2.75) is 44.6 Å². The molecule has 2 aliphatic heterocycles. The van der Waals surface area contributed by atoms with Crippen LogP contribution in [0.1, 0.15) is 38.7 Å². The smallest absolute Gasteiger partial charge is 0.233 e. The summed E-state index contributed by atoms with van der Waals surface area (Å²) in [7, 11) is 0. The summed E-state index contributed by atoms with van der Waals surface area (Å²) in [5.41, 5.74) is 6.19. The number of hydrogen-bond acceptors (Lipinski definition) is 3. The molecule has 0 saturated carbocycles. The highest BCUT2D eigenvalue weighted by Gasteiger charge is 2.46. The van der Waals surface area contributed by atoms with Gasteiger partial charge in [0.25, 0.3) is 0 Å².